The van der Waals surface area contributed by atoms with E-state index in [2.05, 4.69) is 10.0 Å². The number of halogens is 1. The highest BCUT2D eigenvalue weighted by molar-refractivity contribution is 7.89. The lowest BCUT2D eigenvalue weighted by molar-refractivity contribution is 0.574. The fourth-order valence-electron chi connectivity index (χ4n) is 0.878. The summed E-state index contributed by atoms with van der Waals surface area (Å²) < 4.78 is 25.0. The van der Waals surface area contributed by atoms with Crippen molar-refractivity contribution in [2.75, 3.05) is 25.4 Å². The molecule has 4 nitrogen and oxygen atoms in total. The van der Waals surface area contributed by atoms with Gasteiger partial charge in [0.15, 0.2) is 0 Å². The van der Waals surface area contributed by atoms with Gasteiger partial charge < -0.3 is 5.32 Å². The maximum atomic E-state index is 11.2. The third-order valence-electron chi connectivity index (χ3n) is 1.64. The molecule has 0 aromatic rings. The van der Waals surface area contributed by atoms with Crippen molar-refractivity contribution in [2.45, 2.75) is 26.7 Å². The molecule has 0 atom stereocenters. The molecule has 88 valence electrons. The van der Waals surface area contributed by atoms with Crippen molar-refractivity contribution in [2.24, 2.45) is 0 Å². The van der Waals surface area contributed by atoms with Crippen molar-refractivity contribution in [3.63, 3.8) is 0 Å². The Hall–Kier alpha value is 0.160. The summed E-state index contributed by atoms with van der Waals surface area (Å²) in [7, 11) is -3.01. The van der Waals surface area contributed by atoms with Crippen molar-refractivity contribution in [3.8, 4) is 0 Å². The van der Waals surface area contributed by atoms with E-state index in [0.717, 1.165) is 19.4 Å². The summed E-state index contributed by atoms with van der Waals surface area (Å²) in [5, 5.41) is 3.05. The number of hydrogen-bond donors (Lipinski definition) is 2. The topological polar surface area (TPSA) is 58.2 Å². The summed E-state index contributed by atoms with van der Waals surface area (Å²) in [6.07, 6.45) is 1.64. The van der Waals surface area contributed by atoms with E-state index in [0.29, 0.717) is 13.1 Å². The lowest BCUT2D eigenvalue weighted by Gasteiger charge is -2.05. The fourth-order valence-corrected chi connectivity index (χ4v) is 2.10. The minimum absolute atomic E-state index is 0. The zero-order valence-corrected chi connectivity index (χ0v) is 10.5. The predicted molar refractivity (Wildman–Crippen MR) is 62.5 cm³/mol. The minimum atomic E-state index is -3.01. The van der Waals surface area contributed by atoms with Gasteiger partial charge >= 0.3 is 0 Å². The highest BCUT2D eigenvalue weighted by Gasteiger charge is 2.06. The average Bonchev–Trinajstić information content (AvgIpc) is 2.09. The molecule has 0 aliphatic heterocycles. The molecule has 2 N–H and O–H groups in total. The standard InChI is InChI=1S/C8H20N2O2S.ClH/c1-3-5-8-13(11,12)10-7-6-9-4-2;/h9-10H,3-8H2,1-2H3;1H. The highest BCUT2D eigenvalue weighted by atomic mass is 35.5. The largest absolute Gasteiger partial charge is 0.316 e. The molecule has 0 saturated carbocycles. The van der Waals surface area contributed by atoms with Crippen LogP contribution in [0.4, 0.5) is 0 Å². The van der Waals surface area contributed by atoms with E-state index in [1.54, 1.807) is 0 Å². The van der Waals surface area contributed by atoms with Gasteiger partial charge in [-0.2, -0.15) is 0 Å². The van der Waals surface area contributed by atoms with Crippen molar-refractivity contribution in [1.82, 2.24) is 10.0 Å². The third-order valence-corrected chi connectivity index (χ3v) is 3.11. The van der Waals surface area contributed by atoms with E-state index in [9.17, 15) is 8.42 Å². The number of sulfonamides is 1. The zero-order valence-electron chi connectivity index (χ0n) is 8.88. The summed E-state index contributed by atoms with van der Waals surface area (Å²) in [6.45, 7) is 6.03. The molecule has 0 saturated heterocycles. The number of hydrogen-bond acceptors (Lipinski definition) is 3. The molecule has 0 rings (SSSR count). The van der Waals surface area contributed by atoms with Gasteiger partial charge in [0, 0.05) is 13.1 Å². The van der Waals surface area contributed by atoms with Crippen LogP contribution in [0.5, 0.6) is 0 Å². The summed E-state index contributed by atoms with van der Waals surface area (Å²) in [6, 6.07) is 0. The average molecular weight is 245 g/mol. The van der Waals surface area contributed by atoms with Gasteiger partial charge in [0.25, 0.3) is 0 Å². The summed E-state index contributed by atoms with van der Waals surface area (Å²) in [5.41, 5.74) is 0. The molecule has 0 fully saturated rings. The SMILES string of the molecule is CCCCS(=O)(=O)NCCNCC.Cl. The molecule has 0 bridgehead atoms. The van der Waals surface area contributed by atoms with Gasteiger partial charge in [0.2, 0.25) is 10.0 Å². The molecule has 0 aromatic carbocycles. The van der Waals surface area contributed by atoms with Crippen LogP contribution < -0.4 is 10.0 Å². The van der Waals surface area contributed by atoms with Gasteiger partial charge in [-0.1, -0.05) is 20.3 Å². The Morgan fingerprint density at radius 3 is 2.29 bits per heavy atom. The highest BCUT2D eigenvalue weighted by Crippen LogP contribution is 1.92. The quantitative estimate of drug-likeness (QED) is 0.620. The van der Waals surface area contributed by atoms with Crippen LogP contribution in [0.3, 0.4) is 0 Å². The Bertz CT molecular complexity index is 207. The van der Waals surface area contributed by atoms with Gasteiger partial charge in [-0.05, 0) is 13.0 Å². The predicted octanol–water partition coefficient (Wildman–Crippen LogP) is 0.737. The van der Waals surface area contributed by atoms with Crippen molar-refractivity contribution in [3.05, 3.63) is 0 Å². The molecular weight excluding hydrogens is 224 g/mol. The number of unbranched alkanes of at least 4 members (excludes halogenated alkanes) is 1. The summed E-state index contributed by atoms with van der Waals surface area (Å²) in [4.78, 5) is 0. The van der Waals surface area contributed by atoms with Crippen LogP contribution in [0.2, 0.25) is 0 Å². The van der Waals surface area contributed by atoms with Crippen LogP contribution in [0.1, 0.15) is 26.7 Å². The second kappa shape index (κ2) is 9.71. The smallest absolute Gasteiger partial charge is 0.211 e. The lowest BCUT2D eigenvalue weighted by atomic mass is 10.4. The van der Waals surface area contributed by atoms with Crippen LogP contribution in [0.15, 0.2) is 0 Å². The lowest BCUT2D eigenvalue weighted by Crippen LogP contribution is -2.33. The van der Waals surface area contributed by atoms with Crippen LogP contribution in [0.25, 0.3) is 0 Å². The monoisotopic (exact) mass is 244 g/mol. The van der Waals surface area contributed by atoms with Crippen LogP contribution in [0, 0.1) is 0 Å². The molecule has 0 heterocycles. The summed E-state index contributed by atoms with van der Waals surface area (Å²) in [5.74, 6) is 0.246. The molecular formula is C8H21ClN2O2S. The first-order valence-electron chi connectivity index (χ1n) is 4.80. The Labute approximate surface area is 93.3 Å². The first kappa shape index (κ1) is 16.6. The normalized spacial score (nSPS) is 11.0. The maximum Gasteiger partial charge on any atom is 0.211 e. The Morgan fingerprint density at radius 2 is 1.79 bits per heavy atom. The Kier molecular flexibility index (Phi) is 11.5. The summed E-state index contributed by atoms with van der Waals surface area (Å²) >= 11 is 0. The van der Waals surface area contributed by atoms with Gasteiger partial charge in [-0.3, -0.25) is 0 Å². The van der Waals surface area contributed by atoms with Crippen LogP contribution >= 0.6 is 12.4 Å². The van der Waals surface area contributed by atoms with Crippen LogP contribution in [-0.2, 0) is 10.0 Å². The maximum absolute atomic E-state index is 11.2. The molecule has 14 heavy (non-hydrogen) atoms. The molecule has 0 unspecified atom stereocenters. The van der Waals surface area contributed by atoms with E-state index in [1.807, 2.05) is 13.8 Å². The molecule has 0 aromatic heterocycles. The second-order valence-electron chi connectivity index (χ2n) is 2.92. The van der Waals surface area contributed by atoms with Crippen molar-refractivity contribution in [1.29, 1.82) is 0 Å². The van der Waals surface area contributed by atoms with Gasteiger partial charge in [-0.25, -0.2) is 13.1 Å². The van der Waals surface area contributed by atoms with Crippen LogP contribution in [-0.4, -0.2) is 33.8 Å². The van der Waals surface area contributed by atoms with E-state index in [-0.39, 0.29) is 18.2 Å². The van der Waals surface area contributed by atoms with Gasteiger partial charge in [-0.15, -0.1) is 12.4 Å². The minimum Gasteiger partial charge on any atom is -0.316 e. The van der Waals surface area contributed by atoms with Crippen molar-refractivity contribution >= 4 is 22.4 Å². The molecule has 6 heteroatoms. The molecule has 0 spiro atoms. The third kappa shape index (κ3) is 10.2. The van der Waals surface area contributed by atoms with E-state index in [4.69, 9.17) is 0 Å². The molecule has 0 radical (unpaired) electrons. The van der Waals surface area contributed by atoms with Gasteiger partial charge in [0.05, 0.1) is 5.75 Å². The first-order chi connectivity index (χ1) is 6.12. The van der Waals surface area contributed by atoms with E-state index in [1.165, 1.54) is 0 Å². The fraction of sp³-hybridized carbons (Fsp3) is 1.00. The molecule has 0 amide bonds. The first-order valence-corrected chi connectivity index (χ1v) is 6.45. The second-order valence-corrected chi connectivity index (χ2v) is 4.85. The van der Waals surface area contributed by atoms with E-state index < -0.39 is 10.0 Å². The van der Waals surface area contributed by atoms with Gasteiger partial charge in [0.1, 0.15) is 0 Å². The number of rotatable bonds is 8. The van der Waals surface area contributed by atoms with Crippen molar-refractivity contribution < 1.29 is 8.42 Å². The Morgan fingerprint density at radius 1 is 1.14 bits per heavy atom. The van der Waals surface area contributed by atoms with E-state index >= 15 is 0 Å². The number of likely N-dealkylation sites (N-methyl/N-ethyl adjacent to an activating group) is 1. The Balaban J connectivity index is 0. The zero-order chi connectivity index (χ0) is 10.2. The number of nitrogens with one attached hydrogen (secondary N) is 2. The molecule has 0 aliphatic carbocycles. The molecule has 0 aliphatic rings.